The second kappa shape index (κ2) is 3.14. The largest absolute Gasteiger partial charge is 0.453 e. The average Bonchev–Trinajstić information content (AvgIpc) is 2.66. The van der Waals surface area contributed by atoms with Gasteiger partial charge in [0, 0.05) is 5.56 Å². The number of benzene rings is 1. The molecule has 1 unspecified atom stereocenters. The van der Waals surface area contributed by atoms with Crippen LogP contribution in [0.25, 0.3) is 0 Å². The molecule has 1 aromatic rings. The predicted octanol–water partition coefficient (Wildman–Crippen LogP) is 2.09. The molecule has 72 valence electrons. The van der Waals surface area contributed by atoms with Crippen molar-refractivity contribution in [3.05, 3.63) is 23.5 Å². The van der Waals surface area contributed by atoms with Crippen LogP contribution in [0.1, 0.15) is 11.7 Å². The summed E-state index contributed by atoms with van der Waals surface area (Å²) in [6.45, 7) is -0.0841. The fourth-order valence-corrected chi connectivity index (χ4v) is 1.22. The minimum absolute atomic E-state index is 0.0841. The fourth-order valence-electron chi connectivity index (χ4n) is 1.22. The molecule has 3 nitrogen and oxygen atoms in total. The number of nitriles is 1. The van der Waals surface area contributed by atoms with Crippen LogP contribution in [0.3, 0.4) is 0 Å². The van der Waals surface area contributed by atoms with Crippen molar-refractivity contribution in [2.45, 2.75) is 6.17 Å². The van der Waals surface area contributed by atoms with Gasteiger partial charge in [-0.15, -0.1) is 0 Å². The second-order valence-electron chi connectivity index (χ2n) is 2.69. The number of hydrogen-bond acceptors (Lipinski definition) is 3. The van der Waals surface area contributed by atoms with Gasteiger partial charge in [0.1, 0.15) is 6.07 Å². The molecule has 0 fully saturated rings. The van der Waals surface area contributed by atoms with Crippen molar-refractivity contribution in [3.63, 3.8) is 0 Å². The zero-order chi connectivity index (χ0) is 10.1. The van der Waals surface area contributed by atoms with Crippen LogP contribution in [0.15, 0.2) is 12.1 Å². The van der Waals surface area contributed by atoms with Gasteiger partial charge < -0.3 is 9.47 Å². The molecule has 1 aliphatic rings. The van der Waals surface area contributed by atoms with Crippen molar-refractivity contribution in [2.75, 3.05) is 6.79 Å². The molecule has 1 aromatic carbocycles. The SMILES string of the molecule is N#CC(F)c1ccc2c(c1F)OCO2. The molecule has 0 saturated heterocycles. The summed E-state index contributed by atoms with van der Waals surface area (Å²) in [5.74, 6) is -0.758. The lowest BCUT2D eigenvalue weighted by atomic mass is 10.1. The van der Waals surface area contributed by atoms with E-state index >= 15 is 0 Å². The van der Waals surface area contributed by atoms with Crippen molar-refractivity contribution >= 4 is 0 Å². The van der Waals surface area contributed by atoms with E-state index in [-0.39, 0.29) is 23.9 Å². The zero-order valence-corrected chi connectivity index (χ0v) is 6.96. The quantitative estimate of drug-likeness (QED) is 0.692. The number of nitrogens with zero attached hydrogens (tertiary/aromatic N) is 1. The summed E-state index contributed by atoms with van der Waals surface area (Å²) in [6.07, 6.45) is -1.98. The lowest BCUT2D eigenvalue weighted by Gasteiger charge is -2.04. The maximum atomic E-state index is 13.4. The maximum Gasteiger partial charge on any atom is 0.231 e. The molecule has 1 atom stereocenters. The van der Waals surface area contributed by atoms with Gasteiger partial charge in [-0.2, -0.15) is 5.26 Å². The van der Waals surface area contributed by atoms with E-state index in [9.17, 15) is 8.78 Å². The highest BCUT2D eigenvalue weighted by atomic mass is 19.1. The summed E-state index contributed by atoms with van der Waals surface area (Å²) in [6, 6.07) is 3.87. The van der Waals surface area contributed by atoms with Crippen LogP contribution in [-0.4, -0.2) is 6.79 Å². The van der Waals surface area contributed by atoms with Crippen LogP contribution in [0.4, 0.5) is 8.78 Å². The van der Waals surface area contributed by atoms with Crippen LogP contribution in [-0.2, 0) is 0 Å². The lowest BCUT2D eigenvalue weighted by Crippen LogP contribution is -1.96. The Bertz CT molecular complexity index is 414. The molecular weight excluding hydrogens is 192 g/mol. The van der Waals surface area contributed by atoms with Crippen molar-refractivity contribution in [1.82, 2.24) is 0 Å². The Morgan fingerprint density at radius 3 is 2.93 bits per heavy atom. The first-order chi connectivity index (χ1) is 6.74. The number of ether oxygens (including phenoxy) is 2. The van der Waals surface area contributed by atoms with E-state index in [2.05, 4.69) is 0 Å². The Labute approximate surface area is 78.5 Å². The molecule has 0 saturated carbocycles. The number of hydrogen-bond donors (Lipinski definition) is 0. The molecule has 1 heterocycles. The van der Waals surface area contributed by atoms with Gasteiger partial charge in [0.05, 0.1) is 0 Å². The predicted molar refractivity (Wildman–Crippen MR) is 42.0 cm³/mol. The molecule has 0 bridgehead atoms. The first kappa shape index (κ1) is 8.75. The molecule has 5 heteroatoms. The standard InChI is InChI=1S/C9H5F2NO2/c10-6(3-12)5-1-2-7-9(8(5)11)14-4-13-7/h1-2,6H,4H2. The summed E-state index contributed by atoms with van der Waals surface area (Å²) in [5, 5.41) is 8.30. The van der Waals surface area contributed by atoms with E-state index in [0.29, 0.717) is 0 Å². The number of fused-ring (bicyclic) bond motifs is 1. The van der Waals surface area contributed by atoms with Gasteiger partial charge in [0.15, 0.2) is 11.6 Å². The van der Waals surface area contributed by atoms with Crippen LogP contribution in [0.5, 0.6) is 11.5 Å². The molecule has 0 spiro atoms. The Hall–Kier alpha value is -1.83. The number of alkyl halides is 1. The van der Waals surface area contributed by atoms with E-state index in [0.717, 1.165) is 0 Å². The van der Waals surface area contributed by atoms with E-state index in [1.165, 1.54) is 18.2 Å². The molecule has 0 N–H and O–H groups in total. The molecular formula is C9H5F2NO2. The summed E-state index contributed by atoms with van der Waals surface area (Å²) >= 11 is 0. The highest BCUT2D eigenvalue weighted by Gasteiger charge is 2.24. The lowest BCUT2D eigenvalue weighted by molar-refractivity contribution is 0.170. The Balaban J connectivity index is 2.51. The van der Waals surface area contributed by atoms with E-state index in [4.69, 9.17) is 14.7 Å². The number of halogens is 2. The highest BCUT2D eigenvalue weighted by Crippen LogP contribution is 2.38. The van der Waals surface area contributed by atoms with Crippen LogP contribution in [0, 0.1) is 17.1 Å². The Morgan fingerprint density at radius 2 is 2.21 bits per heavy atom. The molecule has 1 aliphatic heterocycles. The first-order valence-corrected chi connectivity index (χ1v) is 3.85. The van der Waals surface area contributed by atoms with Crippen molar-refractivity contribution in [2.24, 2.45) is 0 Å². The van der Waals surface area contributed by atoms with Gasteiger partial charge >= 0.3 is 0 Å². The average molecular weight is 197 g/mol. The summed E-state index contributed by atoms with van der Waals surface area (Å²) in [4.78, 5) is 0. The molecule has 0 radical (unpaired) electrons. The second-order valence-corrected chi connectivity index (χ2v) is 2.69. The summed E-state index contributed by atoms with van der Waals surface area (Å²) in [7, 11) is 0. The number of rotatable bonds is 1. The van der Waals surface area contributed by atoms with Gasteiger partial charge in [0.2, 0.25) is 18.7 Å². The molecule has 0 aromatic heterocycles. The van der Waals surface area contributed by atoms with E-state index in [1.807, 2.05) is 0 Å². The smallest absolute Gasteiger partial charge is 0.231 e. The Morgan fingerprint density at radius 1 is 1.43 bits per heavy atom. The van der Waals surface area contributed by atoms with Crippen LogP contribution < -0.4 is 9.47 Å². The van der Waals surface area contributed by atoms with Gasteiger partial charge in [-0.3, -0.25) is 0 Å². The van der Waals surface area contributed by atoms with Gasteiger partial charge in [-0.05, 0) is 12.1 Å². The van der Waals surface area contributed by atoms with Gasteiger partial charge in [-0.25, -0.2) is 8.78 Å². The monoisotopic (exact) mass is 197 g/mol. The zero-order valence-electron chi connectivity index (χ0n) is 6.96. The molecule has 0 aliphatic carbocycles. The highest BCUT2D eigenvalue weighted by molar-refractivity contribution is 5.47. The minimum Gasteiger partial charge on any atom is -0.453 e. The molecule has 0 amide bonds. The third-order valence-corrected chi connectivity index (χ3v) is 1.89. The minimum atomic E-state index is -1.98. The van der Waals surface area contributed by atoms with Gasteiger partial charge in [0.25, 0.3) is 0 Å². The topological polar surface area (TPSA) is 42.2 Å². The maximum absolute atomic E-state index is 13.4. The molecule has 14 heavy (non-hydrogen) atoms. The third-order valence-electron chi connectivity index (χ3n) is 1.89. The Kier molecular flexibility index (Phi) is 1.97. The summed E-state index contributed by atoms with van der Waals surface area (Å²) in [5.41, 5.74) is -0.322. The first-order valence-electron chi connectivity index (χ1n) is 3.85. The van der Waals surface area contributed by atoms with Crippen LogP contribution in [0.2, 0.25) is 0 Å². The molecule has 2 rings (SSSR count). The van der Waals surface area contributed by atoms with E-state index in [1.54, 1.807) is 0 Å². The van der Waals surface area contributed by atoms with Crippen LogP contribution >= 0.6 is 0 Å². The fraction of sp³-hybridized carbons (Fsp3) is 0.222. The normalized spacial score (nSPS) is 14.9. The third kappa shape index (κ3) is 1.16. The van der Waals surface area contributed by atoms with Gasteiger partial charge in [-0.1, -0.05) is 0 Å². The summed E-state index contributed by atoms with van der Waals surface area (Å²) < 4.78 is 36.0. The van der Waals surface area contributed by atoms with Crippen molar-refractivity contribution in [3.8, 4) is 17.6 Å². The van der Waals surface area contributed by atoms with E-state index < -0.39 is 12.0 Å². The van der Waals surface area contributed by atoms with Crippen molar-refractivity contribution in [1.29, 1.82) is 5.26 Å². The van der Waals surface area contributed by atoms with Crippen molar-refractivity contribution < 1.29 is 18.3 Å².